The number of nitrogens with one attached hydrogen (secondary N) is 1. The fraction of sp³-hybridized carbons (Fsp3) is 0.353. The van der Waals surface area contributed by atoms with E-state index in [1.54, 1.807) is 18.3 Å². The van der Waals surface area contributed by atoms with E-state index >= 15 is 0 Å². The molecular formula is C17H17ClFN3O. The van der Waals surface area contributed by atoms with Crippen LogP contribution in [0.3, 0.4) is 0 Å². The summed E-state index contributed by atoms with van der Waals surface area (Å²) in [5.41, 5.74) is 0.214. The summed E-state index contributed by atoms with van der Waals surface area (Å²) < 4.78 is 13.2. The zero-order valence-electron chi connectivity index (χ0n) is 12.9. The predicted molar refractivity (Wildman–Crippen MR) is 85.9 cm³/mol. The molecule has 1 saturated carbocycles. The largest absolute Gasteiger partial charge is 0.342 e. The van der Waals surface area contributed by atoms with E-state index in [1.165, 1.54) is 12.1 Å². The first-order valence-electron chi connectivity index (χ1n) is 7.48. The normalized spacial score (nSPS) is 14.6. The van der Waals surface area contributed by atoms with Crippen LogP contribution < -0.4 is 5.32 Å². The number of amides is 1. The second-order valence-corrected chi connectivity index (χ2v) is 6.68. The molecule has 4 nitrogen and oxygen atoms in total. The van der Waals surface area contributed by atoms with Crippen LogP contribution in [0.25, 0.3) is 0 Å². The van der Waals surface area contributed by atoms with Crippen molar-refractivity contribution in [1.82, 2.24) is 15.3 Å². The topological polar surface area (TPSA) is 54.9 Å². The number of nitrogens with zero attached hydrogens (tertiary/aromatic N) is 2. The Morgan fingerprint density at radius 3 is 2.74 bits per heavy atom. The molecule has 6 heteroatoms. The monoisotopic (exact) mass is 333 g/mol. The van der Waals surface area contributed by atoms with Gasteiger partial charge in [0.2, 0.25) is 0 Å². The molecular weight excluding hydrogens is 317 g/mol. The molecule has 120 valence electrons. The van der Waals surface area contributed by atoms with Crippen molar-refractivity contribution in [1.29, 1.82) is 0 Å². The Morgan fingerprint density at radius 1 is 1.35 bits per heavy atom. The van der Waals surface area contributed by atoms with Gasteiger partial charge >= 0.3 is 0 Å². The molecule has 1 amide bonds. The first kappa shape index (κ1) is 15.9. The Kier molecular flexibility index (Phi) is 4.06. The van der Waals surface area contributed by atoms with Crippen LogP contribution in [0.15, 0.2) is 30.5 Å². The molecule has 1 fully saturated rings. The van der Waals surface area contributed by atoms with E-state index in [2.05, 4.69) is 15.3 Å². The Morgan fingerprint density at radius 2 is 2.09 bits per heavy atom. The van der Waals surface area contributed by atoms with Crippen LogP contribution in [-0.2, 0) is 5.54 Å². The highest BCUT2D eigenvalue weighted by atomic mass is 35.5. The molecule has 0 radical (unpaired) electrons. The fourth-order valence-corrected chi connectivity index (χ4v) is 2.85. The van der Waals surface area contributed by atoms with Crippen molar-refractivity contribution in [3.05, 3.63) is 58.4 Å². The number of carbonyl (C=O) groups excluding carboxylic acids is 1. The molecule has 0 spiro atoms. The van der Waals surface area contributed by atoms with Gasteiger partial charge in [-0.25, -0.2) is 14.4 Å². The van der Waals surface area contributed by atoms with Crippen molar-refractivity contribution in [2.75, 3.05) is 0 Å². The first-order valence-corrected chi connectivity index (χ1v) is 7.85. The number of carbonyl (C=O) groups is 1. The van der Waals surface area contributed by atoms with Gasteiger partial charge in [0, 0.05) is 17.1 Å². The summed E-state index contributed by atoms with van der Waals surface area (Å²) in [6, 6.07) is 5.72. The van der Waals surface area contributed by atoms with Gasteiger partial charge in [-0.1, -0.05) is 17.7 Å². The van der Waals surface area contributed by atoms with E-state index in [4.69, 9.17) is 11.6 Å². The Labute approximate surface area is 139 Å². The number of halogens is 2. The van der Waals surface area contributed by atoms with Crippen molar-refractivity contribution in [3.8, 4) is 0 Å². The van der Waals surface area contributed by atoms with Crippen molar-refractivity contribution in [3.63, 3.8) is 0 Å². The van der Waals surface area contributed by atoms with Crippen LogP contribution in [0.4, 0.5) is 4.39 Å². The Hall–Kier alpha value is -2.01. The third-order valence-electron chi connectivity index (χ3n) is 3.88. The minimum Gasteiger partial charge on any atom is -0.342 e. The second-order valence-electron chi connectivity index (χ2n) is 6.28. The smallest absolute Gasteiger partial charge is 0.270 e. The number of hydrogen-bond acceptors (Lipinski definition) is 3. The number of hydrogen-bond donors (Lipinski definition) is 1. The standard InChI is InChI=1S/C17H17ClFN3O/c1-17(2,12-6-5-11(19)9-13(12)18)22-16(23)14-7-8-20-15(21-14)10-3-4-10/h5-10H,3-4H2,1-2H3,(H,22,23). The van der Waals surface area contributed by atoms with E-state index in [9.17, 15) is 9.18 Å². The molecule has 1 aromatic heterocycles. The average Bonchev–Trinajstić information content (AvgIpc) is 3.31. The van der Waals surface area contributed by atoms with Crippen LogP contribution in [0, 0.1) is 5.82 Å². The molecule has 1 aromatic carbocycles. The summed E-state index contributed by atoms with van der Waals surface area (Å²) in [5.74, 6) is 0.378. The highest BCUT2D eigenvalue weighted by Gasteiger charge is 2.29. The van der Waals surface area contributed by atoms with Crippen molar-refractivity contribution in [2.24, 2.45) is 0 Å². The van der Waals surface area contributed by atoms with Gasteiger partial charge < -0.3 is 5.32 Å². The van der Waals surface area contributed by atoms with Crippen molar-refractivity contribution >= 4 is 17.5 Å². The lowest BCUT2D eigenvalue weighted by Crippen LogP contribution is -2.41. The van der Waals surface area contributed by atoms with Gasteiger partial charge in [0.25, 0.3) is 5.91 Å². The summed E-state index contributed by atoms with van der Waals surface area (Å²) in [7, 11) is 0. The maximum atomic E-state index is 13.2. The third-order valence-corrected chi connectivity index (χ3v) is 4.19. The molecule has 0 bridgehead atoms. The molecule has 1 aliphatic carbocycles. The van der Waals surface area contributed by atoms with Gasteiger partial charge in [-0.3, -0.25) is 4.79 Å². The van der Waals surface area contributed by atoms with Crippen molar-refractivity contribution < 1.29 is 9.18 Å². The molecule has 23 heavy (non-hydrogen) atoms. The summed E-state index contributed by atoms with van der Waals surface area (Å²) in [5, 5.41) is 3.17. The minimum absolute atomic E-state index is 0.275. The van der Waals surface area contributed by atoms with Gasteiger partial charge in [-0.15, -0.1) is 0 Å². The molecule has 2 aromatic rings. The molecule has 0 aliphatic heterocycles. The average molecular weight is 334 g/mol. The van der Waals surface area contributed by atoms with Gasteiger partial charge in [-0.2, -0.15) is 0 Å². The highest BCUT2D eigenvalue weighted by molar-refractivity contribution is 6.31. The molecule has 1 N–H and O–H groups in total. The maximum Gasteiger partial charge on any atom is 0.270 e. The fourth-order valence-electron chi connectivity index (χ4n) is 2.45. The van der Waals surface area contributed by atoms with Gasteiger partial charge in [-0.05, 0) is 50.5 Å². The summed E-state index contributed by atoms with van der Waals surface area (Å²) in [6.07, 6.45) is 3.75. The molecule has 0 atom stereocenters. The SMILES string of the molecule is CC(C)(NC(=O)c1ccnc(C2CC2)n1)c1ccc(F)cc1Cl. The minimum atomic E-state index is -0.757. The molecule has 0 saturated heterocycles. The Bertz CT molecular complexity index is 759. The van der Waals surface area contributed by atoms with Crippen LogP contribution in [0.2, 0.25) is 5.02 Å². The molecule has 1 heterocycles. The van der Waals surface area contributed by atoms with E-state index in [0.29, 0.717) is 17.2 Å². The van der Waals surface area contributed by atoms with E-state index in [1.807, 2.05) is 13.8 Å². The summed E-state index contributed by atoms with van der Waals surface area (Å²) >= 11 is 6.10. The van der Waals surface area contributed by atoms with Gasteiger partial charge in [0.15, 0.2) is 0 Å². The zero-order valence-corrected chi connectivity index (χ0v) is 13.7. The van der Waals surface area contributed by atoms with E-state index < -0.39 is 11.4 Å². The number of rotatable bonds is 4. The Balaban J connectivity index is 1.81. The second kappa shape index (κ2) is 5.89. The van der Waals surface area contributed by atoms with Gasteiger partial charge in [0.1, 0.15) is 17.3 Å². The van der Waals surface area contributed by atoms with Crippen LogP contribution in [0.5, 0.6) is 0 Å². The van der Waals surface area contributed by atoms with E-state index in [-0.39, 0.29) is 10.9 Å². The summed E-state index contributed by atoms with van der Waals surface area (Å²) in [4.78, 5) is 21.0. The maximum absolute atomic E-state index is 13.2. The molecule has 1 aliphatic rings. The lowest BCUT2D eigenvalue weighted by Gasteiger charge is -2.27. The van der Waals surface area contributed by atoms with Crippen LogP contribution in [-0.4, -0.2) is 15.9 Å². The third kappa shape index (κ3) is 3.50. The van der Waals surface area contributed by atoms with Crippen LogP contribution >= 0.6 is 11.6 Å². The highest BCUT2D eigenvalue weighted by Crippen LogP contribution is 2.37. The summed E-state index contributed by atoms with van der Waals surface area (Å²) in [6.45, 7) is 3.63. The molecule has 0 unspecified atom stereocenters. The first-order chi connectivity index (χ1) is 10.9. The van der Waals surface area contributed by atoms with E-state index in [0.717, 1.165) is 18.7 Å². The number of aromatic nitrogens is 2. The lowest BCUT2D eigenvalue weighted by molar-refractivity contribution is 0.0906. The number of benzene rings is 1. The van der Waals surface area contributed by atoms with Gasteiger partial charge in [0.05, 0.1) is 5.54 Å². The lowest BCUT2D eigenvalue weighted by atomic mass is 9.94. The quantitative estimate of drug-likeness (QED) is 0.925. The zero-order chi connectivity index (χ0) is 16.6. The van der Waals surface area contributed by atoms with Crippen molar-refractivity contribution in [2.45, 2.75) is 38.1 Å². The molecule has 3 rings (SSSR count). The predicted octanol–water partition coefficient (Wildman–Crippen LogP) is 3.81. The van der Waals surface area contributed by atoms with Crippen LogP contribution in [0.1, 0.15) is 54.5 Å².